The molecule has 5 aromatic rings. The minimum Gasteiger partial charge on any atom is -0.268 e. The number of nitrogens with zero attached hydrogens (tertiary/aromatic N) is 3. The van der Waals surface area contributed by atoms with E-state index >= 15 is 0 Å². The first-order valence-corrected chi connectivity index (χ1v) is 9.40. The minimum atomic E-state index is -0.763. The summed E-state index contributed by atoms with van der Waals surface area (Å²) < 4.78 is 1.91. The van der Waals surface area contributed by atoms with Crippen molar-refractivity contribution in [2.75, 3.05) is 0 Å². The third-order valence-electron chi connectivity index (χ3n) is 5.23. The number of H-pyrrole nitrogens is 1. The van der Waals surface area contributed by atoms with Crippen molar-refractivity contribution in [3.8, 4) is 0 Å². The second-order valence-corrected chi connectivity index (χ2v) is 6.87. The van der Waals surface area contributed by atoms with Gasteiger partial charge >= 0.3 is 0 Å². The molecule has 3 aromatic carbocycles. The average molecular weight is 378 g/mol. The van der Waals surface area contributed by atoms with Crippen molar-refractivity contribution in [3.05, 3.63) is 130 Å². The molecule has 5 heteroatoms. The molecule has 2 heterocycles. The fourth-order valence-electron chi connectivity index (χ4n) is 4.01. The summed E-state index contributed by atoms with van der Waals surface area (Å²) in [4.78, 5) is 12.1. The average Bonchev–Trinajstić information content (AvgIpc) is 3.20. The summed E-state index contributed by atoms with van der Waals surface area (Å²) in [7, 11) is 0. The van der Waals surface area contributed by atoms with Gasteiger partial charge in [0.1, 0.15) is 11.1 Å². The maximum Gasteiger partial charge on any atom is 0.266 e. The quantitative estimate of drug-likeness (QED) is 0.482. The predicted molar refractivity (Wildman–Crippen MR) is 113 cm³/mol. The lowest BCUT2D eigenvalue weighted by Gasteiger charge is -2.36. The first kappa shape index (κ1) is 17.1. The van der Waals surface area contributed by atoms with Crippen molar-refractivity contribution < 1.29 is 0 Å². The van der Waals surface area contributed by atoms with Gasteiger partial charge in [0.25, 0.3) is 5.56 Å². The second kappa shape index (κ2) is 6.87. The molecule has 0 amide bonds. The molecule has 5 nitrogen and oxygen atoms in total. The maximum absolute atomic E-state index is 12.1. The molecule has 0 aliphatic carbocycles. The number of hydrogen-bond acceptors (Lipinski definition) is 3. The van der Waals surface area contributed by atoms with Gasteiger partial charge in [-0.3, -0.25) is 4.79 Å². The zero-order valence-corrected chi connectivity index (χ0v) is 15.6. The second-order valence-electron chi connectivity index (χ2n) is 6.87. The van der Waals surface area contributed by atoms with Gasteiger partial charge in [-0.2, -0.15) is 10.2 Å². The van der Waals surface area contributed by atoms with E-state index in [1.165, 1.54) is 0 Å². The first-order chi connectivity index (χ1) is 14.3. The summed E-state index contributed by atoms with van der Waals surface area (Å²) in [5, 5.41) is 11.4. The summed E-state index contributed by atoms with van der Waals surface area (Å²) in [6, 6.07) is 32.2. The van der Waals surface area contributed by atoms with Crippen LogP contribution in [-0.2, 0) is 5.54 Å². The zero-order chi connectivity index (χ0) is 19.7. The Morgan fingerprint density at radius 3 is 1.69 bits per heavy atom. The Morgan fingerprint density at radius 1 is 0.724 bits per heavy atom. The van der Waals surface area contributed by atoms with Crippen LogP contribution in [0.4, 0.5) is 0 Å². The van der Waals surface area contributed by atoms with Gasteiger partial charge in [0.05, 0.1) is 11.7 Å². The number of rotatable bonds is 4. The molecule has 0 atom stereocenters. The number of fused-ring (bicyclic) bond motifs is 1. The zero-order valence-electron chi connectivity index (χ0n) is 15.6. The summed E-state index contributed by atoms with van der Waals surface area (Å²) >= 11 is 0. The monoisotopic (exact) mass is 378 g/mol. The van der Waals surface area contributed by atoms with Gasteiger partial charge in [0.2, 0.25) is 0 Å². The van der Waals surface area contributed by atoms with Crippen molar-refractivity contribution in [2.24, 2.45) is 0 Å². The van der Waals surface area contributed by atoms with E-state index in [4.69, 9.17) is 5.10 Å². The minimum absolute atomic E-state index is 0.262. The standard InChI is InChI=1S/C24H18N4O/c29-23-16-22-21(26-27-23)17-25-28(22)24(18-10-4-1-5-11-18,19-12-6-2-7-13-19)20-14-8-3-9-15-20/h1-17H,(H,27,29). The number of benzene rings is 3. The van der Waals surface area contributed by atoms with E-state index in [9.17, 15) is 4.79 Å². The van der Waals surface area contributed by atoms with Crippen LogP contribution in [-0.4, -0.2) is 20.0 Å². The van der Waals surface area contributed by atoms with E-state index in [1.54, 1.807) is 12.3 Å². The SMILES string of the molecule is O=c1cc2c(cnn2C(c2ccccc2)(c2ccccc2)c2ccccc2)n[nH]1. The topological polar surface area (TPSA) is 63.6 Å². The first-order valence-electron chi connectivity index (χ1n) is 9.40. The Balaban J connectivity index is 1.98. The summed E-state index contributed by atoms with van der Waals surface area (Å²) in [5.41, 5.74) is 3.42. The Kier molecular flexibility index (Phi) is 4.06. The third-order valence-corrected chi connectivity index (χ3v) is 5.23. The highest BCUT2D eigenvalue weighted by atomic mass is 16.1. The number of nitrogens with one attached hydrogen (secondary N) is 1. The van der Waals surface area contributed by atoms with E-state index < -0.39 is 5.54 Å². The highest BCUT2D eigenvalue weighted by Gasteiger charge is 2.40. The van der Waals surface area contributed by atoms with Crippen LogP contribution in [0.25, 0.3) is 11.0 Å². The Hall–Kier alpha value is -3.99. The molecule has 0 fully saturated rings. The molecule has 0 unspecified atom stereocenters. The van der Waals surface area contributed by atoms with E-state index in [0.717, 1.165) is 16.7 Å². The van der Waals surface area contributed by atoms with Crippen LogP contribution in [0, 0.1) is 0 Å². The molecule has 0 saturated heterocycles. The molecule has 2 aromatic heterocycles. The van der Waals surface area contributed by atoms with Crippen LogP contribution in [0.2, 0.25) is 0 Å². The van der Waals surface area contributed by atoms with Crippen LogP contribution >= 0.6 is 0 Å². The van der Waals surface area contributed by atoms with Crippen molar-refractivity contribution >= 4 is 11.0 Å². The Bertz CT molecular complexity index is 1210. The van der Waals surface area contributed by atoms with E-state index in [1.807, 2.05) is 59.3 Å². The van der Waals surface area contributed by atoms with Gasteiger partial charge in [-0.25, -0.2) is 9.78 Å². The van der Waals surface area contributed by atoms with E-state index in [2.05, 4.69) is 46.6 Å². The molecule has 1 N–H and O–H groups in total. The lowest BCUT2D eigenvalue weighted by molar-refractivity contribution is 0.475. The molecule has 140 valence electrons. The van der Waals surface area contributed by atoms with Gasteiger partial charge in [-0.15, -0.1) is 0 Å². The molecule has 0 radical (unpaired) electrons. The van der Waals surface area contributed by atoms with Gasteiger partial charge in [-0.1, -0.05) is 91.0 Å². The van der Waals surface area contributed by atoms with Crippen LogP contribution in [0.3, 0.4) is 0 Å². The number of hydrogen-bond donors (Lipinski definition) is 1. The maximum atomic E-state index is 12.1. The van der Waals surface area contributed by atoms with Crippen molar-refractivity contribution in [1.82, 2.24) is 20.0 Å². The largest absolute Gasteiger partial charge is 0.268 e. The molecule has 0 aliphatic rings. The van der Waals surface area contributed by atoms with Crippen molar-refractivity contribution in [1.29, 1.82) is 0 Å². The van der Waals surface area contributed by atoms with Crippen LogP contribution < -0.4 is 5.56 Å². The van der Waals surface area contributed by atoms with Crippen molar-refractivity contribution in [3.63, 3.8) is 0 Å². The van der Waals surface area contributed by atoms with Gasteiger partial charge in [-0.05, 0) is 16.7 Å². The third kappa shape index (κ3) is 2.67. The summed E-state index contributed by atoms with van der Waals surface area (Å²) in [6.07, 6.45) is 1.69. The smallest absolute Gasteiger partial charge is 0.266 e. The summed E-state index contributed by atoms with van der Waals surface area (Å²) in [6.45, 7) is 0. The molecular weight excluding hydrogens is 360 g/mol. The highest BCUT2D eigenvalue weighted by molar-refractivity contribution is 5.74. The highest BCUT2D eigenvalue weighted by Crippen LogP contribution is 2.41. The molecule has 0 saturated carbocycles. The lowest BCUT2D eigenvalue weighted by atomic mass is 9.77. The molecule has 0 bridgehead atoms. The Morgan fingerprint density at radius 2 is 1.21 bits per heavy atom. The summed E-state index contributed by atoms with van der Waals surface area (Å²) in [5.74, 6) is 0. The van der Waals surface area contributed by atoms with Gasteiger partial charge < -0.3 is 0 Å². The van der Waals surface area contributed by atoms with Crippen LogP contribution in [0.1, 0.15) is 16.7 Å². The van der Waals surface area contributed by atoms with E-state index in [0.29, 0.717) is 11.0 Å². The van der Waals surface area contributed by atoms with Crippen molar-refractivity contribution in [2.45, 2.75) is 5.54 Å². The molecule has 0 aliphatic heterocycles. The normalized spacial score (nSPS) is 11.6. The molecule has 5 rings (SSSR count). The van der Waals surface area contributed by atoms with Gasteiger partial charge in [0, 0.05) is 6.07 Å². The fourth-order valence-corrected chi connectivity index (χ4v) is 4.01. The van der Waals surface area contributed by atoms with Crippen LogP contribution in [0.5, 0.6) is 0 Å². The van der Waals surface area contributed by atoms with Crippen LogP contribution in [0.15, 0.2) is 108 Å². The Labute approximate surface area is 167 Å². The van der Waals surface area contributed by atoms with E-state index in [-0.39, 0.29) is 5.56 Å². The molecular formula is C24H18N4O. The number of aromatic nitrogens is 4. The predicted octanol–water partition coefficient (Wildman–Crippen LogP) is 3.96. The number of aromatic amines is 1. The molecule has 0 spiro atoms. The van der Waals surface area contributed by atoms with Gasteiger partial charge in [0.15, 0.2) is 0 Å². The lowest BCUT2D eigenvalue weighted by Crippen LogP contribution is -2.38. The fraction of sp³-hybridized carbons (Fsp3) is 0.0417. The molecule has 29 heavy (non-hydrogen) atoms.